The minimum absolute atomic E-state index is 0.272. The number of imide groups is 1. The molecule has 3 amide bonds. The number of primary amides is 1. The number of rotatable bonds is 5. The zero-order chi connectivity index (χ0) is 21.3. The van der Waals surface area contributed by atoms with Crippen molar-refractivity contribution in [3.05, 3.63) is 46.7 Å². The highest BCUT2D eigenvalue weighted by Crippen LogP contribution is 2.31. The molecule has 10 heteroatoms. The van der Waals surface area contributed by atoms with Gasteiger partial charge in [0.15, 0.2) is 6.10 Å². The summed E-state index contributed by atoms with van der Waals surface area (Å²) < 4.78 is 20.2. The van der Waals surface area contributed by atoms with Crippen molar-refractivity contribution in [1.82, 2.24) is 15.1 Å². The number of hydrogen-bond acceptors (Lipinski definition) is 6. The molecule has 3 aromatic rings. The Kier molecular flexibility index (Phi) is 5.64. The van der Waals surface area contributed by atoms with Crippen LogP contribution in [0.3, 0.4) is 0 Å². The molecule has 0 radical (unpaired) electrons. The second kappa shape index (κ2) is 8.00. The summed E-state index contributed by atoms with van der Waals surface area (Å²) in [4.78, 5) is 36.6. The number of amides is 3. The lowest BCUT2D eigenvalue weighted by molar-refractivity contribution is -0.130. The van der Waals surface area contributed by atoms with Gasteiger partial charge >= 0.3 is 12.0 Å². The van der Waals surface area contributed by atoms with Crippen LogP contribution in [0.15, 0.2) is 30.3 Å². The number of thiophene rings is 1. The summed E-state index contributed by atoms with van der Waals surface area (Å²) in [6.07, 6.45) is -1.17. The smallest absolute Gasteiger partial charge is 0.349 e. The second-order valence-corrected chi connectivity index (χ2v) is 7.76. The van der Waals surface area contributed by atoms with Gasteiger partial charge in [0.05, 0.1) is 11.4 Å². The summed E-state index contributed by atoms with van der Waals surface area (Å²) >= 11 is 1.14. The van der Waals surface area contributed by atoms with Gasteiger partial charge in [0.2, 0.25) is 0 Å². The first kappa shape index (κ1) is 20.5. The number of urea groups is 1. The Bertz CT molecular complexity index is 1090. The van der Waals surface area contributed by atoms with E-state index in [1.165, 1.54) is 12.1 Å². The van der Waals surface area contributed by atoms with Crippen LogP contribution in [-0.2, 0) is 9.53 Å². The Balaban J connectivity index is 1.90. The largest absolute Gasteiger partial charge is 0.448 e. The standard InChI is InChI=1S/C19H19FN4O4S/c1-9(2)15(16(25)22-19(21)27)28-18(26)14-8-13-10(3)23-24(17(13)29-14)12-6-4-11(20)5-7-12/h4-9,15H,1-3H3,(H3,21,22,25,27)/t15-/m1/s1. The van der Waals surface area contributed by atoms with E-state index in [1.54, 1.807) is 43.7 Å². The Morgan fingerprint density at radius 3 is 2.48 bits per heavy atom. The van der Waals surface area contributed by atoms with Crippen molar-refractivity contribution in [2.24, 2.45) is 11.7 Å². The number of benzene rings is 1. The summed E-state index contributed by atoms with van der Waals surface area (Å²) in [6.45, 7) is 5.15. The maximum atomic E-state index is 13.2. The summed E-state index contributed by atoms with van der Waals surface area (Å²) in [6, 6.07) is 6.43. The molecule has 8 nitrogen and oxygen atoms in total. The highest BCUT2D eigenvalue weighted by Gasteiger charge is 2.29. The summed E-state index contributed by atoms with van der Waals surface area (Å²) in [5.41, 5.74) is 6.30. The van der Waals surface area contributed by atoms with Gasteiger partial charge in [0.25, 0.3) is 5.91 Å². The lowest BCUT2D eigenvalue weighted by Crippen LogP contribution is -2.45. The minimum atomic E-state index is -1.17. The van der Waals surface area contributed by atoms with Crippen LogP contribution < -0.4 is 11.1 Å². The van der Waals surface area contributed by atoms with Crippen molar-refractivity contribution in [3.8, 4) is 5.69 Å². The fourth-order valence-electron chi connectivity index (χ4n) is 2.76. The van der Waals surface area contributed by atoms with E-state index in [0.29, 0.717) is 16.2 Å². The van der Waals surface area contributed by atoms with Crippen LogP contribution in [0.4, 0.5) is 9.18 Å². The van der Waals surface area contributed by atoms with Gasteiger partial charge in [-0.25, -0.2) is 18.7 Å². The Morgan fingerprint density at radius 2 is 1.90 bits per heavy atom. The van der Waals surface area contributed by atoms with Crippen molar-refractivity contribution >= 4 is 39.5 Å². The number of aromatic nitrogens is 2. The van der Waals surface area contributed by atoms with Crippen LogP contribution in [0.2, 0.25) is 0 Å². The molecule has 0 aliphatic heterocycles. The van der Waals surface area contributed by atoms with Gasteiger partial charge in [0.1, 0.15) is 15.5 Å². The quantitative estimate of drug-likeness (QED) is 0.618. The molecule has 0 aliphatic rings. The Morgan fingerprint density at radius 1 is 1.24 bits per heavy atom. The lowest BCUT2D eigenvalue weighted by atomic mass is 10.1. The molecule has 0 bridgehead atoms. The number of carbonyl (C=O) groups is 3. The molecule has 0 fully saturated rings. The third kappa shape index (κ3) is 4.27. The molecule has 29 heavy (non-hydrogen) atoms. The molecular formula is C19H19FN4O4S. The summed E-state index contributed by atoms with van der Waals surface area (Å²) in [5.74, 6) is -2.22. The maximum absolute atomic E-state index is 13.2. The van der Waals surface area contributed by atoms with Gasteiger partial charge < -0.3 is 10.5 Å². The number of aryl methyl sites for hydroxylation is 1. The van der Waals surface area contributed by atoms with Crippen LogP contribution in [0.25, 0.3) is 15.9 Å². The molecule has 3 N–H and O–H groups in total. The predicted molar refractivity (Wildman–Crippen MR) is 105 cm³/mol. The van der Waals surface area contributed by atoms with Crippen molar-refractivity contribution in [1.29, 1.82) is 0 Å². The molecule has 1 atom stereocenters. The molecule has 0 saturated heterocycles. The SMILES string of the molecule is Cc1nn(-c2ccc(F)cc2)c2sc(C(=O)O[C@@H](C(=O)NC(N)=O)C(C)C)cc12. The van der Waals surface area contributed by atoms with E-state index in [1.807, 2.05) is 5.32 Å². The van der Waals surface area contributed by atoms with E-state index in [0.717, 1.165) is 16.7 Å². The van der Waals surface area contributed by atoms with Crippen LogP contribution in [0.1, 0.15) is 29.2 Å². The molecule has 1 aromatic carbocycles. The van der Waals surface area contributed by atoms with Crippen LogP contribution in [0, 0.1) is 18.7 Å². The van der Waals surface area contributed by atoms with E-state index in [-0.39, 0.29) is 16.6 Å². The van der Waals surface area contributed by atoms with Crippen LogP contribution in [-0.4, -0.2) is 33.8 Å². The molecule has 2 heterocycles. The number of ether oxygens (including phenoxy) is 1. The van der Waals surface area contributed by atoms with Gasteiger partial charge in [-0.3, -0.25) is 10.1 Å². The summed E-state index contributed by atoms with van der Waals surface area (Å²) in [5, 5.41) is 7.11. The van der Waals surface area contributed by atoms with Crippen molar-refractivity contribution in [2.45, 2.75) is 26.9 Å². The Hall–Kier alpha value is -3.27. The van der Waals surface area contributed by atoms with Crippen molar-refractivity contribution in [3.63, 3.8) is 0 Å². The predicted octanol–water partition coefficient (Wildman–Crippen LogP) is 2.91. The zero-order valence-corrected chi connectivity index (χ0v) is 16.7. The summed E-state index contributed by atoms with van der Waals surface area (Å²) in [7, 11) is 0. The van der Waals surface area contributed by atoms with Gasteiger partial charge in [-0.1, -0.05) is 13.8 Å². The van der Waals surface area contributed by atoms with E-state index in [2.05, 4.69) is 5.10 Å². The molecular weight excluding hydrogens is 399 g/mol. The fraction of sp³-hybridized carbons (Fsp3) is 0.263. The average molecular weight is 418 g/mol. The lowest BCUT2D eigenvalue weighted by Gasteiger charge is -2.19. The van der Waals surface area contributed by atoms with E-state index in [4.69, 9.17) is 10.5 Å². The van der Waals surface area contributed by atoms with E-state index in [9.17, 15) is 18.8 Å². The maximum Gasteiger partial charge on any atom is 0.349 e. The fourth-order valence-corrected chi connectivity index (χ4v) is 3.83. The number of hydrogen-bond donors (Lipinski definition) is 2. The highest BCUT2D eigenvalue weighted by atomic mass is 32.1. The number of nitrogens with zero attached hydrogens (tertiary/aromatic N) is 2. The Labute approximate surface area is 169 Å². The topological polar surface area (TPSA) is 116 Å². The average Bonchev–Trinajstić information content (AvgIpc) is 3.20. The molecule has 0 saturated carbocycles. The normalized spacial score (nSPS) is 12.2. The molecule has 3 rings (SSSR count). The van der Waals surface area contributed by atoms with Gasteiger partial charge in [-0.15, -0.1) is 11.3 Å². The van der Waals surface area contributed by atoms with Crippen molar-refractivity contribution in [2.75, 3.05) is 0 Å². The molecule has 0 aliphatic carbocycles. The molecule has 152 valence electrons. The molecule has 2 aromatic heterocycles. The third-order valence-corrected chi connectivity index (χ3v) is 5.25. The first-order chi connectivity index (χ1) is 13.7. The van der Waals surface area contributed by atoms with Gasteiger partial charge in [-0.2, -0.15) is 5.10 Å². The highest BCUT2D eigenvalue weighted by molar-refractivity contribution is 7.20. The monoisotopic (exact) mass is 418 g/mol. The van der Waals surface area contributed by atoms with E-state index < -0.39 is 24.0 Å². The molecule has 0 unspecified atom stereocenters. The van der Waals surface area contributed by atoms with Crippen LogP contribution in [0.5, 0.6) is 0 Å². The minimum Gasteiger partial charge on any atom is -0.448 e. The number of halogens is 1. The second-order valence-electron chi connectivity index (χ2n) is 6.73. The third-order valence-electron chi connectivity index (χ3n) is 4.16. The first-order valence-electron chi connectivity index (χ1n) is 8.73. The van der Waals surface area contributed by atoms with Gasteiger partial charge in [0, 0.05) is 5.39 Å². The van der Waals surface area contributed by atoms with E-state index >= 15 is 0 Å². The number of nitrogens with one attached hydrogen (secondary N) is 1. The first-order valence-corrected chi connectivity index (χ1v) is 9.55. The van der Waals surface area contributed by atoms with Crippen LogP contribution >= 0.6 is 11.3 Å². The molecule has 0 spiro atoms. The number of fused-ring (bicyclic) bond motifs is 1. The van der Waals surface area contributed by atoms with Gasteiger partial charge in [-0.05, 0) is 43.2 Å². The zero-order valence-electron chi connectivity index (χ0n) is 15.9. The number of nitrogens with two attached hydrogens (primary N) is 1. The van der Waals surface area contributed by atoms with Crippen molar-refractivity contribution < 1.29 is 23.5 Å². The number of carbonyl (C=O) groups excluding carboxylic acids is 3. The number of esters is 1.